The third-order valence-electron chi connectivity index (χ3n) is 7.50. The van der Waals surface area contributed by atoms with E-state index in [0.29, 0.717) is 26.0 Å². The molecule has 0 bridgehead atoms. The lowest BCUT2D eigenvalue weighted by molar-refractivity contribution is -0.154. The average molecular weight is 592 g/mol. The van der Waals surface area contributed by atoms with Crippen LogP contribution in [0.1, 0.15) is 150 Å². The summed E-state index contributed by atoms with van der Waals surface area (Å²) in [5, 5.41) is 0. The van der Waals surface area contributed by atoms with Gasteiger partial charge in [-0.3, -0.25) is 9.36 Å². The van der Waals surface area contributed by atoms with E-state index in [9.17, 15) is 14.3 Å². The Balaban J connectivity index is 3.87. The van der Waals surface area contributed by atoms with Crippen molar-refractivity contribution in [2.45, 2.75) is 156 Å². The Morgan fingerprint density at radius 2 is 1.18 bits per heavy atom. The van der Waals surface area contributed by atoms with Gasteiger partial charge in [-0.1, -0.05) is 130 Å². The molecule has 7 nitrogen and oxygen atoms in total. The van der Waals surface area contributed by atoms with Gasteiger partial charge in [-0.2, -0.15) is 0 Å². The van der Waals surface area contributed by atoms with Gasteiger partial charge in [0.2, 0.25) is 0 Å². The number of ether oxygens (including phenoxy) is 2. The molecule has 0 aromatic heterocycles. The van der Waals surface area contributed by atoms with Gasteiger partial charge in [-0.05, 0) is 25.9 Å². The molecule has 0 aromatic carbocycles. The molecule has 0 aliphatic carbocycles. The highest BCUT2D eigenvalue weighted by atomic mass is 31.2. The van der Waals surface area contributed by atoms with Gasteiger partial charge >= 0.3 is 13.6 Å². The zero-order chi connectivity index (χ0) is 29.7. The van der Waals surface area contributed by atoms with Crippen LogP contribution in [0.2, 0.25) is 0 Å². The number of unbranched alkanes of at least 4 members (excludes halogenated alkanes) is 16. The molecular formula is C32H66NO6P. The van der Waals surface area contributed by atoms with Gasteiger partial charge in [-0.25, -0.2) is 0 Å². The van der Waals surface area contributed by atoms with Crippen molar-refractivity contribution in [2.24, 2.45) is 0 Å². The van der Waals surface area contributed by atoms with E-state index in [2.05, 4.69) is 11.8 Å². The average Bonchev–Trinajstić information content (AvgIpc) is 2.93. The van der Waals surface area contributed by atoms with Crippen molar-refractivity contribution in [3.8, 4) is 0 Å². The zero-order valence-electron chi connectivity index (χ0n) is 26.8. The molecule has 2 unspecified atom stereocenters. The highest BCUT2D eigenvalue weighted by Gasteiger charge is 2.24. The fourth-order valence-electron chi connectivity index (χ4n) is 4.78. The van der Waals surface area contributed by atoms with E-state index in [0.717, 1.165) is 25.9 Å². The summed E-state index contributed by atoms with van der Waals surface area (Å²) in [5.74, 6) is -0.326. The smallest absolute Gasteiger partial charge is 0.329 e. The molecule has 0 saturated carbocycles. The highest BCUT2D eigenvalue weighted by Crippen LogP contribution is 2.41. The van der Waals surface area contributed by atoms with Crippen LogP contribution in [0.3, 0.4) is 0 Å². The molecule has 0 saturated heterocycles. The Bertz CT molecular complexity index is 602. The first-order valence-corrected chi connectivity index (χ1v) is 18.6. The van der Waals surface area contributed by atoms with Crippen LogP contribution >= 0.6 is 7.60 Å². The van der Waals surface area contributed by atoms with Gasteiger partial charge in [0.05, 0.1) is 19.4 Å². The van der Waals surface area contributed by atoms with Crippen molar-refractivity contribution in [3.63, 3.8) is 0 Å². The highest BCUT2D eigenvalue weighted by molar-refractivity contribution is 7.52. The third-order valence-corrected chi connectivity index (χ3v) is 8.82. The molecule has 2 atom stereocenters. The number of carbonyl (C=O) groups excluding carboxylic acids is 1. The van der Waals surface area contributed by atoms with Crippen LogP contribution in [0.25, 0.3) is 0 Å². The van der Waals surface area contributed by atoms with Crippen molar-refractivity contribution < 1.29 is 28.3 Å². The van der Waals surface area contributed by atoms with Crippen LogP contribution in [-0.2, 0) is 23.4 Å². The summed E-state index contributed by atoms with van der Waals surface area (Å²) >= 11 is 0. The molecule has 40 heavy (non-hydrogen) atoms. The first kappa shape index (κ1) is 39.5. The maximum Gasteiger partial charge on any atom is 0.329 e. The van der Waals surface area contributed by atoms with Gasteiger partial charge in [0.1, 0.15) is 6.10 Å². The molecule has 240 valence electrons. The fourth-order valence-corrected chi connectivity index (χ4v) is 5.84. The number of nitrogens with zero attached hydrogens (tertiary/aromatic N) is 1. The van der Waals surface area contributed by atoms with E-state index >= 15 is 0 Å². The molecule has 0 amide bonds. The second-order valence-corrected chi connectivity index (χ2v) is 13.3. The van der Waals surface area contributed by atoms with Crippen molar-refractivity contribution in [1.82, 2.24) is 4.90 Å². The zero-order valence-corrected chi connectivity index (χ0v) is 27.7. The predicted octanol–water partition coefficient (Wildman–Crippen LogP) is 8.91. The van der Waals surface area contributed by atoms with Crippen LogP contribution < -0.4 is 0 Å². The van der Waals surface area contributed by atoms with E-state index in [-0.39, 0.29) is 25.3 Å². The van der Waals surface area contributed by atoms with Gasteiger partial charge in [-0.15, -0.1) is 0 Å². The monoisotopic (exact) mass is 591 g/mol. The summed E-state index contributed by atoms with van der Waals surface area (Å²) < 4.78 is 29.0. The summed E-state index contributed by atoms with van der Waals surface area (Å²) in [7, 11) is -3.75. The second-order valence-electron chi connectivity index (χ2n) is 11.3. The number of hydrogen-bond acceptors (Lipinski definition) is 6. The molecule has 0 heterocycles. The van der Waals surface area contributed by atoms with Crippen LogP contribution in [-0.4, -0.2) is 67.5 Å². The second kappa shape index (κ2) is 28.6. The fraction of sp³-hybridized carbons (Fsp3) is 0.969. The predicted molar refractivity (Wildman–Crippen MR) is 168 cm³/mol. The van der Waals surface area contributed by atoms with Gasteiger partial charge in [0.15, 0.2) is 0 Å². The normalized spacial score (nSPS) is 13.9. The Morgan fingerprint density at radius 3 is 1.62 bits per heavy atom. The van der Waals surface area contributed by atoms with Crippen molar-refractivity contribution in [2.75, 3.05) is 45.6 Å². The summed E-state index contributed by atoms with van der Waals surface area (Å²) in [6, 6.07) is 0. The van der Waals surface area contributed by atoms with Crippen LogP contribution in [0.15, 0.2) is 0 Å². The van der Waals surface area contributed by atoms with E-state index in [1.807, 2.05) is 20.8 Å². The maximum absolute atomic E-state index is 12.4. The Morgan fingerprint density at radius 1 is 0.700 bits per heavy atom. The van der Waals surface area contributed by atoms with Gasteiger partial charge < -0.3 is 23.8 Å². The van der Waals surface area contributed by atoms with Crippen LogP contribution in [0.4, 0.5) is 0 Å². The minimum absolute atomic E-state index is 0.0599. The minimum atomic E-state index is -3.75. The van der Waals surface area contributed by atoms with E-state index in [1.165, 1.54) is 96.3 Å². The number of carbonyl (C=O) groups is 1. The summed E-state index contributed by atoms with van der Waals surface area (Å²) in [6.07, 6.45) is 23.1. The van der Waals surface area contributed by atoms with Crippen molar-refractivity contribution in [1.29, 1.82) is 0 Å². The van der Waals surface area contributed by atoms with E-state index < -0.39 is 13.7 Å². The lowest BCUT2D eigenvalue weighted by Gasteiger charge is -2.22. The molecule has 0 rings (SSSR count). The topological polar surface area (TPSA) is 85.3 Å². The molecule has 0 fully saturated rings. The molecule has 1 N–H and O–H groups in total. The summed E-state index contributed by atoms with van der Waals surface area (Å²) in [4.78, 5) is 24.3. The van der Waals surface area contributed by atoms with Crippen LogP contribution in [0.5, 0.6) is 0 Å². The SMILES string of the molecule is CCCCCCCCCCCCCCCCCCCOCC(COP(=O)(O)CCN(CC)CC)OC(=O)CCC. The third kappa shape index (κ3) is 26.4. The Kier molecular flexibility index (Phi) is 28.3. The largest absolute Gasteiger partial charge is 0.457 e. The molecule has 0 spiro atoms. The Labute approximate surface area is 248 Å². The van der Waals surface area contributed by atoms with Crippen molar-refractivity contribution in [3.05, 3.63) is 0 Å². The van der Waals surface area contributed by atoms with Gasteiger partial charge in [0.25, 0.3) is 0 Å². The molecule has 0 aromatic rings. The Hall–Kier alpha value is -0.460. The first-order chi connectivity index (χ1) is 19.4. The molecular weight excluding hydrogens is 525 g/mol. The molecule has 0 radical (unpaired) electrons. The maximum atomic E-state index is 12.4. The standard InChI is InChI=1S/C32H66NO6P/c1-5-9-10-11-12-13-14-15-16-17-18-19-20-21-22-23-24-27-37-29-31(39-32(34)25-6-2)30-38-40(35,36)28-26-33(7-3)8-4/h31H,5-30H2,1-4H3,(H,35,36). The lowest BCUT2D eigenvalue weighted by atomic mass is 10.0. The van der Waals surface area contributed by atoms with Crippen LogP contribution in [0, 0.1) is 0 Å². The number of hydrogen-bond donors (Lipinski definition) is 1. The summed E-state index contributed by atoms with van der Waals surface area (Å²) in [5.41, 5.74) is 0. The van der Waals surface area contributed by atoms with Crippen molar-refractivity contribution >= 4 is 13.6 Å². The molecule has 8 heteroatoms. The first-order valence-electron chi connectivity index (χ1n) is 16.8. The van der Waals surface area contributed by atoms with E-state index in [1.54, 1.807) is 0 Å². The van der Waals surface area contributed by atoms with Gasteiger partial charge in [0, 0.05) is 19.6 Å². The molecule has 0 aliphatic heterocycles. The number of rotatable bonds is 31. The quantitative estimate of drug-likeness (QED) is 0.0489. The minimum Gasteiger partial charge on any atom is -0.457 e. The number of esters is 1. The summed E-state index contributed by atoms with van der Waals surface area (Å²) in [6.45, 7) is 11.0. The molecule has 0 aliphatic rings. The lowest BCUT2D eigenvalue weighted by Crippen LogP contribution is -2.29. The van der Waals surface area contributed by atoms with E-state index in [4.69, 9.17) is 14.0 Å².